The predicted molar refractivity (Wildman–Crippen MR) is 130 cm³/mol. The van der Waals surface area contributed by atoms with Gasteiger partial charge in [0.25, 0.3) is 0 Å². The summed E-state index contributed by atoms with van der Waals surface area (Å²) in [5.41, 5.74) is 6.86. The number of Topliss-reactive ketones (excluding diaryl/α,β-unsaturated/α-hetero) is 1. The largest absolute Gasteiger partial charge is 0.493 e. The molecule has 166 valence electrons. The van der Waals surface area contributed by atoms with Gasteiger partial charge in [-0.3, -0.25) is 4.79 Å². The van der Waals surface area contributed by atoms with Crippen LogP contribution in [0.2, 0.25) is 0 Å². The van der Waals surface area contributed by atoms with E-state index in [0.717, 1.165) is 46.5 Å². The van der Waals surface area contributed by atoms with Crippen molar-refractivity contribution < 1.29 is 14.3 Å². The van der Waals surface area contributed by atoms with E-state index in [0.29, 0.717) is 6.42 Å². The molecule has 1 atom stereocenters. The molecule has 1 aliphatic carbocycles. The molecule has 2 aromatic rings. The minimum atomic E-state index is -0.0491. The van der Waals surface area contributed by atoms with Crippen LogP contribution in [0.4, 0.5) is 0 Å². The van der Waals surface area contributed by atoms with Crippen molar-refractivity contribution in [1.82, 2.24) is 4.90 Å². The van der Waals surface area contributed by atoms with E-state index in [4.69, 9.17) is 9.47 Å². The summed E-state index contributed by atoms with van der Waals surface area (Å²) in [6.45, 7) is 5.27. The summed E-state index contributed by atoms with van der Waals surface area (Å²) < 4.78 is 12.2. The van der Waals surface area contributed by atoms with E-state index >= 15 is 0 Å². The number of rotatable bonds is 3. The Bertz CT molecular complexity index is 1160. The third kappa shape index (κ3) is 3.47. The van der Waals surface area contributed by atoms with Gasteiger partial charge in [-0.25, -0.2) is 0 Å². The molecular weight excluding hydrogens is 466 g/mol. The molecule has 4 nitrogen and oxygen atoms in total. The third-order valence-corrected chi connectivity index (χ3v) is 7.40. The minimum Gasteiger partial charge on any atom is -0.493 e. The van der Waals surface area contributed by atoms with E-state index in [2.05, 4.69) is 77.2 Å². The summed E-state index contributed by atoms with van der Waals surface area (Å²) >= 11 is 3.54. The average Bonchev–Trinajstić information content (AvgIpc) is 2.77. The van der Waals surface area contributed by atoms with Gasteiger partial charge in [0.05, 0.1) is 14.2 Å². The smallest absolute Gasteiger partial charge is 0.162 e. The van der Waals surface area contributed by atoms with E-state index in [1.807, 2.05) is 0 Å². The summed E-state index contributed by atoms with van der Waals surface area (Å²) in [5, 5.41) is 0. The monoisotopic (exact) mass is 493 g/mol. The second-order valence-corrected chi connectivity index (χ2v) is 10.6. The van der Waals surface area contributed by atoms with Crippen molar-refractivity contribution in [1.29, 1.82) is 0 Å². The number of fused-ring (bicyclic) bond motifs is 4. The highest BCUT2D eigenvalue weighted by molar-refractivity contribution is 9.10. The number of ether oxygens (including phenoxy) is 2. The van der Waals surface area contributed by atoms with Crippen LogP contribution in [0.3, 0.4) is 0 Å². The zero-order valence-corrected chi connectivity index (χ0v) is 20.6. The minimum absolute atomic E-state index is 0.0412. The van der Waals surface area contributed by atoms with Crippen LogP contribution in [-0.4, -0.2) is 31.4 Å². The first kappa shape index (κ1) is 21.3. The molecule has 0 N–H and O–H groups in total. The fourth-order valence-corrected chi connectivity index (χ4v) is 5.66. The number of hydrogen-bond acceptors (Lipinski definition) is 4. The second-order valence-electron chi connectivity index (χ2n) is 9.65. The molecule has 0 amide bonds. The maximum atomic E-state index is 13.4. The highest BCUT2D eigenvalue weighted by Gasteiger charge is 2.42. The zero-order chi connectivity index (χ0) is 22.6. The van der Waals surface area contributed by atoms with E-state index in [9.17, 15) is 4.79 Å². The molecule has 1 unspecified atom stereocenters. The van der Waals surface area contributed by atoms with Gasteiger partial charge in [0.2, 0.25) is 0 Å². The fourth-order valence-electron chi connectivity index (χ4n) is 5.39. The average molecular weight is 494 g/mol. The van der Waals surface area contributed by atoms with E-state index in [1.54, 1.807) is 14.2 Å². The summed E-state index contributed by atoms with van der Waals surface area (Å²) in [5.74, 6) is 1.72. The van der Waals surface area contributed by atoms with Gasteiger partial charge in [-0.2, -0.15) is 0 Å². The molecule has 0 saturated carbocycles. The molecule has 0 saturated heterocycles. The van der Waals surface area contributed by atoms with Gasteiger partial charge in [0.1, 0.15) is 0 Å². The van der Waals surface area contributed by atoms with Crippen molar-refractivity contribution in [2.75, 3.05) is 20.8 Å². The quantitative estimate of drug-likeness (QED) is 0.517. The van der Waals surface area contributed by atoms with Crippen LogP contribution < -0.4 is 9.47 Å². The molecule has 32 heavy (non-hydrogen) atoms. The maximum absolute atomic E-state index is 13.4. The van der Waals surface area contributed by atoms with Gasteiger partial charge >= 0.3 is 0 Å². The Morgan fingerprint density at radius 3 is 2.41 bits per heavy atom. The van der Waals surface area contributed by atoms with Crippen molar-refractivity contribution >= 4 is 27.4 Å². The summed E-state index contributed by atoms with van der Waals surface area (Å²) in [6, 6.07) is 12.5. The van der Waals surface area contributed by atoms with Crippen LogP contribution in [0.15, 0.2) is 58.2 Å². The Morgan fingerprint density at radius 1 is 1.03 bits per heavy atom. The van der Waals surface area contributed by atoms with Crippen LogP contribution in [0.25, 0.3) is 5.70 Å². The van der Waals surface area contributed by atoms with Crippen molar-refractivity contribution in [3.05, 3.63) is 74.9 Å². The molecular formula is C27H28BrNO3. The summed E-state index contributed by atoms with van der Waals surface area (Å²) in [4.78, 5) is 15.8. The van der Waals surface area contributed by atoms with E-state index in [1.165, 1.54) is 22.5 Å². The normalized spacial score (nSPS) is 21.4. The van der Waals surface area contributed by atoms with Crippen molar-refractivity contribution in [2.24, 2.45) is 5.41 Å². The standard InChI is InChI=1S/C27H28BrNO3/c1-27(2)14-22-26(23(30)15-27)20(16-5-7-18(28)8-6-16)12-21-19-13-25(32-4)24(31-3)11-17(19)9-10-29(21)22/h5-8,11-13,20H,9-10,14-15H2,1-4H3. The van der Waals surface area contributed by atoms with Crippen LogP contribution in [-0.2, 0) is 11.2 Å². The number of halogens is 1. The maximum Gasteiger partial charge on any atom is 0.162 e. The van der Waals surface area contributed by atoms with E-state index in [-0.39, 0.29) is 17.1 Å². The second kappa shape index (κ2) is 7.80. The van der Waals surface area contributed by atoms with Crippen LogP contribution in [0.5, 0.6) is 11.5 Å². The van der Waals surface area contributed by atoms with Crippen LogP contribution in [0.1, 0.15) is 49.3 Å². The van der Waals surface area contributed by atoms with Crippen molar-refractivity contribution in [3.8, 4) is 11.5 Å². The SMILES string of the molecule is COc1cc2c(cc1OC)C1=CC(c3ccc(Br)cc3)C3=C(CC(C)(C)CC3=O)N1CC2. The highest BCUT2D eigenvalue weighted by Crippen LogP contribution is 2.51. The Kier molecular flexibility index (Phi) is 5.20. The van der Waals surface area contributed by atoms with Gasteiger partial charge in [-0.05, 0) is 59.7 Å². The Morgan fingerprint density at radius 2 is 1.72 bits per heavy atom. The van der Waals surface area contributed by atoms with Crippen molar-refractivity contribution in [3.63, 3.8) is 0 Å². The summed E-state index contributed by atoms with van der Waals surface area (Å²) in [7, 11) is 3.35. The fraction of sp³-hybridized carbons (Fsp3) is 0.370. The molecule has 3 aliphatic rings. The lowest BCUT2D eigenvalue weighted by Crippen LogP contribution is -2.40. The molecule has 5 heteroatoms. The topological polar surface area (TPSA) is 38.8 Å². The molecule has 0 radical (unpaired) electrons. The molecule has 2 aromatic carbocycles. The first-order valence-electron chi connectivity index (χ1n) is 11.1. The number of benzene rings is 2. The Labute approximate surface area is 198 Å². The van der Waals surface area contributed by atoms with Gasteiger partial charge in [-0.1, -0.05) is 41.9 Å². The number of nitrogens with zero attached hydrogens (tertiary/aromatic N) is 1. The first-order chi connectivity index (χ1) is 15.3. The lowest BCUT2D eigenvalue weighted by Gasteiger charge is -2.46. The first-order valence-corrected chi connectivity index (χ1v) is 11.9. The van der Waals surface area contributed by atoms with Gasteiger partial charge in [0, 0.05) is 45.9 Å². The number of hydrogen-bond donors (Lipinski definition) is 0. The molecule has 5 rings (SSSR count). The number of carbonyl (C=O) groups excluding carboxylic acids is 1. The van der Waals surface area contributed by atoms with E-state index < -0.39 is 0 Å². The number of carbonyl (C=O) groups is 1. The molecule has 0 bridgehead atoms. The van der Waals surface area contributed by atoms with Crippen LogP contribution >= 0.6 is 15.9 Å². The Balaban J connectivity index is 1.71. The molecule has 2 aliphatic heterocycles. The lowest BCUT2D eigenvalue weighted by atomic mass is 9.69. The summed E-state index contributed by atoms with van der Waals surface area (Å²) in [6.07, 6.45) is 4.68. The zero-order valence-electron chi connectivity index (χ0n) is 19.0. The molecule has 2 heterocycles. The lowest BCUT2D eigenvalue weighted by molar-refractivity contribution is -0.118. The number of methoxy groups -OCH3 is 2. The van der Waals surface area contributed by atoms with Crippen molar-refractivity contribution in [2.45, 2.75) is 39.0 Å². The van der Waals surface area contributed by atoms with Crippen LogP contribution in [0, 0.1) is 5.41 Å². The van der Waals surface area contributed by atoms with Gasteiger partial charge in [0.15, 0.2) is 17.3 Å². The van der Waals surface area contributed by atoms with Gasteiger partial charge in [-0.15, -0.1) is 0 Å². The third-order valence-electron chi connectivity index (χ3n) is 6.87. The molecule has 0 fully saturated rings. The molecule has 0 spiro atoms. The highest BCUT2D eigenvalue weighted by atomic mass is 79.9. The predicted octanol–water partition coefficient (Wildman–Crippen LogP) is 6.11. The number of ketones is 1. The number of allylic oxidation sites excluding steroid dienone is 3. The molecule has 0 aromatic heterocycles. The Hall–Kier alpha value is -2.53. The van der Waals surface area contributed by atoms with Gasteiger partial charge < -0.3 is 14.4 Å².